The van der Waals surface area contributed by atoms with Crippen LogP contribution in [-0.4, -0.2) is 68.9 Å². The number of fused-ring (bicyclic) bond motifs is 6. The smallest absolute Gasteiger partial charge is 0.308 e. The molecule has 0 aliphatic rings. The normalized spacial score (nSPS) is 11.7. The number of rotatable bonds is 15. The van der Waals surface area contributed by atoms with Crippen molar-refractivity contribution in [3.05, 3.63) is 363 Å². The van der Waals surface area contributed by atoms with Crippen molar-refractivity contribution < 1.29 is 22.0 Å². The van der Waals surface area contributed by atoms with Crippen molar-refractivity contribution in [2.24, 2.45) is 0 Å². The number of hydrogen-bond acceptors (Lipinski definition) is 12. The summed E-state index contributed by atoms with van der Waals surface area (Å²) in [5, 5.41) is 2.09. The predicted molar refractivity (Wildman–Crippen MR) is 444 cm³/mol. The fourth-order valence-corrected chi connectivity index (χ4v) is 15.0. The second-order valence-electron chi connectivity index (χ2n) is 27.8. The summed E-state index contributed by atoms with van der Waals surface area (Å²) in [5.41, 5.74) is 6.26. The summed E-state index contributed by atoms with van der Waals surface area (Å²) in [7, 11) is 0. The van der Waals surface area contributed by atoms with Crippen LogP contribution in [-0.2, 0) is 6.18 Å². The Balaban J connectivity index is 0.913. The molecule has 0 atom stereocenters. The summed E-state index contributed by atoms with van der Waals surface area (Å²) in [5.74, 6) is 1.77. The molecule has 0 radical (unpaired) electrons. The Kier molecular flexibility index (Phi) is 17.3. The van der Waals surface area contributed by atoms with Gasteiger partial charge in [0.1, 0.15) is 17.2 Å². The fourth-order valence-electron chi connectivity index (χ4n) is 15.0. The minimum Gasteiger partial charge on any atom is -0.308 e. The topological polar surface area (TPSA) is 165 Å². The second kappa shape index (κ2) is 28.9. The first-order chi connectivity index (χ1) is 56.9. The van der Waals surface area contributed by atoms with E-state index in [4.69, 9.17) is 59.8 Å². The standard InChI is InChI=1S/C97H57F5N14/c98-72-49-70(50-73(99)57-72)71-55-82(115-78-51-66(93-107-85(58-25-9-1-10-26-58)103-86(108-93)59-27-11-2-12-28-59)41-45-74(78)75-46-42-67(52-79(75)115)94-109-87(60-29-13-3-14-30-60)104-88(110-94)61-31-15-4-16-32-61)84(97(100,101)102)83(56-71)116-80-53-68(95-111-89(62-33-17-5-18-34-62)105-90(112-95)63-35-19-6-20-36-63)43-47-76(80)77-48-44-69(54-81(77)116)96-113-91(64-37-21-7-22-38-64)106-92(114-96)65-39-23-8-24-40-65/h1-57H. The molecule has 0 saturated heterocycles. The molecule has 116 heavy (non-hydrogen) atoms. The van der Waals surface area contributed by atoms with E-state index in [-0.39, 0.29) is 56.5 Å². The van der Waals surface area contributed by atoms with E-state index in [1.165, 1.54) is 12.1 Å². The lowest BCUT2D eigenvalue weighted by Gasteiger charge is -2.23. The number of halogens is 5. The zero-order valence-electron chi connectivity index (χ0n) is 61.1. The van der Waals surface area contributed by atoms with Crippen molar-refractivity contribution in [2.75, 3.05) is 0 Å². The molecule has 6 heterocycles. The summed E-state index contributed by atoms with van der Waals surface area (Å²) < 4.78 is 91.5. The van der Waals surface area contributed by atoms with E-state index < -0.39 is 34.7 Å². The van der Waals surface area contributed by atoms with Gasteiger partial charge in [-0.1, -0.05) is 291 Å². The Morgan fingerprint density at radius 3 is 0.552 bits per heavy atom. The molecule has 550 valence electrons. The van der Waals surface area contributed by atoms with Gasteiger partial charge in [-0.2, -0.15) is 13.2 Å². The van der Waals surface area contributed by atoms with E-state index in [9.17, 15) is 0 Å². The zero-order valence-corrected chi connectivity index (χ0v) is 61.1. The van der Waals surface area contributed by atoms with E-state index in [1.54, 1.807) is 33.4 Å². The average molecular weight is 1510 g/mol. The lowest BCUT2D eigenvalue weighted by atomic mass is 9.98. The highest BCUT2D eigenvalue weighted by Gasteiger charge is 2.40. The van der Waals surface area contributed by atoms with Crippen molar-refractivity contribution in [3.8, 4) is 159 Å². The Morgan fingerprint density at radius 1 is 0.181 bits per heavy atom. The molecule has 0 unspecified atom stereocenters. The maximum absolute atomic E-state index is 18.5. The van der Waals surface area contributed by atoms with Crippen LogP contribution < -0.4 is 0 Å². The molecule has 0 amide bonds. The largest absolute Gasteiger partial charge is 0.420 e. The van der Waals surface area contributed by atoms with Crippen LogP contribution in [0.25, 0.3) is 203 Å². The van der Waals surface area contributed by atoms with Crippen LogP contribution >= 0.6 is 0 Å². The van der Waals surface area contributed by atoms with Gasteiger partial charge in [-0.05, 0) is 59.7 Å². The molecular weight excluding hydrogens is 1460 g/mol. The molecule has 20 rings (SSSR count). The summed E-state index contributed by atoms with van der Waals surface area (Å²) in [6.07, 6.45) is -5.29. The molecule has 19 heteroatoms. The molecule has 0 aliphatic heterocycles. The summed E-state index contributed by atoms with van der Waals surface area (Å²) in [6.45, 7) is 0. The number of benzene rings is 14. The monoisotopic (exact) mass is 1510 g/mol. The molecule has 0 aliphatic carbocycles. The van der Waals surface area contributed by atoms with Gasteiger partial charge in [-0.15, -0.1) is 0 Å². The highest BCUT2D eigenvalue weighted by molar-refractivity contribution is 6.13. The van der Waals surface area contributed by atoms with Gasteiger partial charge in [0.15, 0.2) is 69.9 Å². The minimum atomic E-state index is -5.29. The summed E-state index contributed by atoms with van der Waals surface area (Å²) >= 11 is 0. The third kappa shape index (κ3) is 13.1. The summed E-state index contributed by atoms with van der Waals surface area (Å²) in [6, 6.07) is 103. The van der Waals surface area contributed by atoms with Gasteiger partial charge >= 0.3 is 6.18 Å². The van der Waals surface area contributed by atoms with E-state index in [2.05, 4.69) is 0 Å². The van der Waals surface area contributed by atoms with Gasteiger partial charge in [-0.25, -0.2) is 68.6 Å². The predicted octanol–water partition coefficient (Wildman–Crippen LogP) is 23.6. The van der Waals surface area contributed by atoms with Crippen molar-refractivity contribution in [1.82, 2.24) is 68.9 Å². The van der Waals surface area contributed by atoms with Gasteiger partial charge in [0.2, 0.25) is 0 Å². The van der Waals surface area contributed by atoms with E-state index in [0.29, 0.717) is 135 Å². The number of hydrogen-bond donors (Lipinski definition) is 0. The van der Waals surface area contributed by atoms with E-state index >= 15 is 22.0 Å². The molecule has 0 saturated carbocycles. The molecule has 0 N–H and O–H groups in total. The van der Waals surface area contributed by atoms with Crippen LogP contribution in [0.4, 0.5) is 22.0 Å². The third-order valence-electron chi connectivity index (χ3n) is 20.4. The average Bonchev–Trinajstić information content (AvgIpc) is 1.55. The lowest BCUT2D eigenvalue weighted by Crippen LogP contribution is -2.16. The van der Waals surface area contributed by atoms with Crippen LogP contribution in [0.1, 0.15) is 5.56 Å². The zero-order chi connectivity index (χ0) is 78.0. The maximum Gasteiger partial charge on any atom is 0.420 e. The van der Waals surface area contributed by atoms with Crippen LogP contribution in [0.3, 0.4) is 0 Å². The molecule has 14 nitrogen and oxygen atoms in total. The van der Waals surface area contributed by atoms with Crippen molar-refractivity contribution >= 4 is 43.6 Å². The highest BCUT2D eigenvalue weighted by atomic mass is 19.4. The Bertz CT molecular complexity index is 6170. The van der Waals surface area contributed by atoms with Crippen LogP contribution in [0, 0.1) is 11.6 Å². The minimum absolute atomic E-state index is 0.0101. The molecule has 0 bridgehead atoms. The van der Waals surface area contributed by atoms with Crippen LogP contribution in [0.2, 0.25) is 0 Å². The first kappa shape index (κ1) is 69.6. The van der Waals surface area contributed by atoms with E-state index in [0.717, 1.165) is 18.2 Å². The summed E-state index contributed by atoms with van der Waals surface area (Å²) in [4.78, 5) is 60.9. The van der Waals surface area contributed by atoms with Gasteiger partial charge in [0.05, 0.1) is 33.4 Å². The molecule has 0 spiro atoms. The van der Waals surface area contributed by atoms with Crippen LogP contribution in [0.15, 0.2) is 346 Å². The third-order valence-corrected chi connectivity index (χ3v) is 20.4. The van der Waals surface area contributed by atoms with Gasteiger partial charge < -0.3 is 9.13 Å². The first-order valence-electron chi connectivity index (χ1n) is 37.3. The number of alkyl halides is 3. The molecule has 0 fully saturated rings. The molecule has 20 aromatic rings. The van der Waals surface area contributed by atoms with Crippen LogP contribution in [0.5, 0.6) is 0 Å². The lowest BCUT2D eigenvalue weighted by molar-refractivity contribution is -0.137. The van der Waals surface area contributed by atoms with E-state index in [1.807, 2.05) is 291 Å². The number of aromatic nitrogens is 14. The molecule has 14 aromatic carbocycles. The Labute approximate surface area is 659 Å². The van der Waals surface area contributed by atoms with Gasteiger partial charge in [0.25, 0.3) is 0 Å². The fraction of sp³-hybridized carbons (Fsp3) is 0.0103. The molecule has 6 aromatic heterocycles. The Hall–Kier alpha value is -15.6. The Morgan fingerprint density at radius 2 is 0.362 bits per heavy atom. The molecular formula is C97H57F5N14. The van der Waals surface area contributed by atoms with Crippen molar-refractivity contribution in [1.29, 1.82) is 0 Å². The maximum atomic E-state index is 18.5. The second-order valence-corrected chi connectivity index (χ2v) is 27.8. The van der Waals surface area contributed by atoms with Crippen molar-refractivity contribution in [3.63, 3.8) is 0 Å². The van der Waals surface area contributed by atoms with Crippen molar-refractivity contribution in [2.45, 2.75) is 6.18 Å². The number of nitrogens with zero attached hydrogens (tertiary/aromatic N) is 14. The SMILES string of the molecule is Fc1cc(F)cc(-c2cc(-n3c4cc(-c5nc(-c6ccccc6)nc(-c6ccccc6)n5)ccc4c4ccc(-c5nc(-c6ccccc6)nc(-c6ccccc6)n5)cc43)c(C(F)(F)F)c(-n3c4cc(-c5nc(-c6ccccc6)nc(-c6ccccc6)n5)ccc4c4ccc(-c5nc(-c6ccccc6)nc(-c6ccccc6)n5)cc43)c2)c1. The van der Waals surface area contributed by atoms with Gasteiger partial charge in [-0.3, -0.25) is 0 Å². The van der Waals surface area contributed by atoms with Gasteiger partial charge in [0, 0.05) is 94.4 Å². The quantitative estimate of drug-likeness (QED) is 0.0894. The first-order valence-corrected chi connectivity index (χ1v) is 37.3. The highest BCUT2D eigenvalue weighted by Crippen LogP contribution is 2.49.